The summed E-state index contributed by atoms with van der Waals surface area (Å²) in [5.74, 6) is 1.14. The van der Waals surface area contributed by atoms with Gasteiger partial charge in [0, 0.05) is 25.6 Å². The highest BCUT2D eigenvalue weighted by Gasteiger charge is 2.14. The van der Waals surface area contributed by atoms with E-state index in [9.17, 15) is 0 Å². The van der Waals surface area contributed by atoms with Gasteiger partial charge in [-0.2, -0.15) is 0 Å². The number of hydrogen-bond acceptors (Lipinski definition) is 2. The lowest BCUT2D eigenvalue weighted by atomic mass is 10.0. The number of imidazole rings is 1. The molecule has 3 nitrogen and oxygen atoms in total. The Balaban J connectivity index is 2.47. The van der Waals surface area contributed by atoms with Gasteiger partial charge in [0.25, 0.3) is 0 Å². The summed E-state index contributed by atoms with van der Waals surface area (Å²) in [7, 11) is 4.08. The molecule has 0 unspecified atom stereocenters. The second-order valence-electron chi connectivity index (χ2n) is 5.19. The van der Waals surface area contributed by atoms with Crippen LogP contribution < -0.4 is 5.32 Å². The summed E-state index contributed by atoms with van der Waals surface area (Å²) in [6.07, 6.45) is 0.957. The van der Waals surface area contributed by atoms with E-state index in [2.05, 4.69) is 55.9 Å². The molecule has 0 saturated heterocycles. The van der Waals surface area contributed by atoms with Crippen molar-refractivity contribution in [2.75, 3.05) is 13.6 Å². The number of hydrogen-bond donors (Lipinski definition) is 1. The number of aryl methyl sites for hydroxylation is 3. The van der Waals surface area contributed by atoms with Crippen LogP contribution in [0.25, 0.3) is 11.3 Å². The van der Waals surface area contributed by atoms with Crippen molar-refractivity contribution in [3.8, 4) is 11.3 Å². The maximum absolute atomic E-state index is 4.71. The predicted octanol–water partition coefficient (Wildman–Crippen LogP) is 2.77. The van der Waals surface area contributed by atoms with Gasteiger partial charge in [0.15, 0.2) is 0 Å². The number of nitrogens with zero attached hydrogens (tertiary/aromatic N) is 2. The van der Waals surface area contributed by atoms with E-state index in [4.69, 9.17) is 4.98 Å². The Hall–Kier alpha value is -1.61. The topological polar surface area (TPSA) is 29.9 Å². The monoisotopic (exact) mass is 257 g/mol. The highest BCUT2D eigenvalue weighted by molar-refractivity contribution is 5.67. The molecule has 1 N–H and O–H groups in total. The Bertz CT molecular complexity index is 582. The standard InChI is InChI=1S/C16H23N3/c1-11-6-7-14(12(2)10-11)16-13(3)18-15(19(16)5)8-9-17-4/h6-7,10,17H,8-9H2,1-5H3. The molecule has 2 rings (SSSR count). The van der Waals surface area contributed by atoms with Crippen LogP contribution in [0.4, 0.5) is 0 Å². The van der Waals surface area contributed by atoms with Crippen LogP contribution in [0.3, 0.4) is 0 Å². The molecule has 0 aliphatic rings. The minimum Gasteiger partial charge on any atom is -0.331 e. The van der Waals surface area contributed by atoms with Crippen molar-refractivity contribution in [3.63, 3.8) is 0 Å². The van der Waals surface area contributed by atoms with Crippen molar-refractivity contribution < 1.29 is 0 Å². The van der Waals surface area contributed by atoms with Gasteiger partial charge in [-0.3, -0.25) is 0 Å². The molecular formula is C16H23N3. The van der Waals surface area contributed by atoms with Crippen molar-refractivity contribution in [2.45, 2.75) is 27.2 Å². The highest BCUT2D eigenvalue weighted by atomic mass is 15.1. The van der Waals surface area contributed by atoms with Crippen LogP contribution in [0.1, 0.15) is 22.6 Å². The molecule has 0 saturated carbocycles. The Morgan fingerprint density at radius 2 is 1.95 bits per heavy atom. The van der Waals surface area contributed by atoms with Gasteiger partial charge in [-0.15, -0.1) is 0 Å². The van der Waals surface area contributed by atoms with Crippen LogP contribution >= 0.6 is 0 Å². The van der Waals surface area contributed by atoms with Crippen molar-refractivity contribution >= 4 is 0 Å². The number of likely N-dealkylation sites (N-methyl/N-ethyl adjacent to an activating group) is 1. The van der Waals surface area contributed by atoms with Gasteiger partial charge in [-0.1, -0.05) is 23.8 Å². The molecule has 0 aliphatic heterocycles. The maximum atomic E-state index is 4.71. The molecule has 0 aliphatic carbocycles. The first kappa shape index (κ1) is 13.8. The molecule has 1 aromatic carbocycles. The minimum absolute atomic E-state index is 0.955. The van der Waals surface area contributed by atoms with Crippen LogP contribution in [0.5, 0.6) is 0 Å². The Labute approximate surface area is 115 Å². The van der Waals surface area contributed by atoms with E-state index in [1.165, 1.54) is 22.4 Å². The molecule has 0 radical (unpaired) electrons. The minimum atomic E-state index is 0.955. The zero-order valence-electron chi connectivity index (χ0n) is 12.5. The van der Waals surface area contributed by atoms with E-state index < -0.39 is 0 Å². The molecule has 1 aromatic heterocycles. The lowest BCUT2D eigenvalue weighted by Gasteiger charge is -2.10. The van der Waals surface area contributed by atoms with Gasteiger partial charge < -0.3 is 9.88 Å². The number of rotatable bonds is 4. The van der Waals surface area contributed by atoms with Crippen LogP contribution in [-0.2, 0) is 13.5 Å². The molecule has 102 valence electrons. The van der Waals surface area contributed by atoms with Crippen molar-refractivity contribution in [3.05, 3.63) is 40.8 Å². The highest BCUT2D eigenvalue weighted by Crippen LogP contribution is 2.27. The SMILES string of the molecule is CNCCc1nc(C)c(-c2ccc(C)cc2C)n1C. The maximum Gasteiger partial charge on any atom is 0.110 e. The third kappa shape index (κ3) is 2.71. The quantitative estimate of drug-likeness (QED) is 0.912. The van der Waals surface area contributed by atoms with E-state index >= 15 is 0 Å². The van der Waals surface area contributed by atoms with Gasteiger partial charge >= 0.3 is 0 Å². The Morgan fingerprint density at radius 3 is 2.58 bits per heavy atom. The average Bonchev–Trinajstić information content (AvgIpc) is 2.63. The summed E-state index contributed by atoms with van der Waals surface area (Å²) in [6, 6.07) is 6.60. The fourth-order valence-electron chi connectivity index (χ4n) is 2.61. The molecule has 0 amide bonds. The third-order valence-electron chi connectivity index (χ3n) is 3.60. The van der Waals surface area contributed by atoms with Gasteiger partial charge in [-0.25, -0.2) is 4.98 Å². The number of benzene rings is 1. The van der Waals surface area contributed by atoms with Crippen molar-refractivity contribution in [2.24, 2.45) is 7.05 Å². The fourth-order valence-corrected chi connectivity index (χ4v) is 2.61. The van der Waals surface area contributed by atoms with Crippen LogP contribution in [-0.4, -0.2) is 23.1 Å². The van der Waals surface area contributed by atoms with Gasteiger partial charge in [-0.05, 0) is 33.4 Å². The fraction of sp³-hybridized carbons (Fsp3) is 0.438. The summed E-state index contributed by atoms with van der Waals surface area (Å²) >= 11 is 0. The van der Waals surface area contributed by atoms with Gasteiger partial charge in [0.05, 0.1) is 11.4 Å². The van der Waals surface area contributed by atoms with E-state index in [1.807, 2.05) is 7.05 Å². The number of aromatic nitrogens is 2. The van der Waals surface area contributed by atoms with Crippen LogP contribution in [0, 0.1) is 20.8 Å². The van der Waals surface area contributed by atoms with Gasteiger partial charge in [0.2, 0.25) is 0 Å². The molecule has 0 fully saturated rings. The van der Waals surface area contributed by atoms with E-state index in [1.54, 1.807) is 0 Å². The van der Waals surface area contributed by atoms with Crippen molar-refractivity contribution in [1.82, 2.24) is 14.9 Å². The van der Waals surface area contributed by atoms with E-state index in [0.29, 0.717) is 0 Å². The molecule has 0 spiro atoms. The van der Waals surface area contributed by atoms with Crippen LogP contribution in [0.2, 0.25) is 0 Å². The molecule has 19 heavy (non-hydrogen) atoms. The predicted molar refractivity (Wildman–Crippen MR) is 80.5 cm³/mol. The first-order chi connectivity index (χ1) is 9.04. The molecule has 0 bridgehead atoms. The van der Waals surface area contributed by atoms with E-state index in [0.717, 1.165) is 24.5 Å². The largest absolute Gasteiger partial charge is 0.331 e. The third-order valence-corrected chi connectivity index (χ3v) is 3.60. The first-order valence-corrected chi connectivity index (χ1v) is 6.79. The smallest absolute Gasteiger partial charge is 0.110 e. The van der Waals surface area contributed by atoms with Crippen molar-refractivity contribution in [1.29, 1.82) is 0 Å². The molecule has 0 atom stereocenters. The zero-order valence-corrected chi connectivity index (χ0v) is 12.5. The normalized spacial score (nSPS) is 11.0. The summed E-state index contributed by atoms with van der Waals surface area (Å²) in [4.78, 5) is 4.71. The lowest BCUT2D eigenvalue weighted by molar-refractivity contribution is 0.719. The van der Waals surface area contributed by atoms with Crippen LogP contribution in [0.15, 0.2) is 18.2 Å². The Morgan fingerprint density at radius 1 is 1.21 bits per heavy atom. The second-order valence-corrected chi connectivity index (χ2v) is 5.19. The molecule has 1 heterocycles. The summed E-state index contributed by atoms with van der Waals surface area (Å²) in [5.41, 5.74) is 6.25. The van der Waals surface area contributed by atoms with E-state index in [-0.39, 0.29) is 0 Å². The zero-order chi connectivity index (χ0) is 14.0. The average molecular weight is 257 g/mol. The summed E-state index contributed by atoms with van der Waals surface area (Å²) < 4.78 is 2.23. The summed E-state index contributed by atoms with van der Waals surface area (Å²) in [6.45, 7) is 7.35. The number of nitrogens with one attached hydrogen (secondary N) is 1. The summed E-state index contributed by atoms with van der Waals surface area (Å²) in [5, 5.41) is 3.18. The molecule has 2 aromatic rings. The van der Waals surface area contributed by atoms with Gasteiger partial charge in [0.1, 0.15) is 5.82 Å². The first-order valence-electron chi connectivity index (χ1n) is 6.79. The lowest BCUT2D eigenvalue weighted by Crippen LogP contribution is -2.13. The second kappa shape index (κ2) is 5.57. The molecule has 3 heteroatoms. The molecular weight excluding hydrogens is 234 g/mol. The Kier molecular flexibility index (Phi) is 4.05.